The number of allylic oxidation sites excluding steroid dienone is 2. The number of rotatable bonds is 5. The minimum absolute atomic E-state index is 0.0828. The number of phenols is 2. The molecule has 0 aliphatic heterocycles. The van der Waals surface area contributed by atoms with Gasteiger partial charge in [-0.2, -0.15) is 0 Å². The van der Waals surface area contributed by atoms with Gasteiger partial charge in [0.1, 0.15) is 17.0 Å². The molecule has 3 saturated carbocycles. The third kappa shape index (κ3) is 3.21. The van der Waals surface area contributed by atoms with Crippen LogP contribution in [-0.4, -0.2) is 44.2 Å². The van der Waals surface area contributed by atoms with Gasteiger partial charge in [-0.25, -0.2) is 4.79 Å². The van der Waals surface area contributed by atoms with Crippen LogP contribution in [0.3, 0.4) is 0 Å². The molecule has 1 spiro atoms. The highest BCUT2D eigenvalue weighted by Gasteiger charge is 2.61. The molecule has 2 unspecified atom stereocenters. The Kier molecular flexibility index (Phi) is 5.16. The minimum atomic E-state index is -1.40. The summed E-state index contributed by atoms with van der Waals surface area (Å²) in [5.74, 6) is -3.24. The summed E-state index contributed by atoms with van der Waals surface area (Å²) in [6.07, 6.45) is 4.89. The molecule has 32 heavy (non-hydrogen) atoms. The van der Waals surface area contributed by atoms with E-state index < -0.39 is 45.9 Å². The summed E-state index contributed by atoms with van der Waals surface area (Å²) in [6.45, 7) is 5.99. The maximum Gasteiger partial charge on any atom is 0.339 e. The number of amides is 1. The largest absolute Gasteiger partial charge is 0.506 e. The monoisotopic (exact) mass is 441 g/mol. The van der Waals surface area contributed by atoms with Gasteiger partial charge in [0.25, 0.3) is 0 Å². The number of phenolic OH excluding ortho intramolecular Hbond substituents is 1. The number of anilines is 1. The van der Waals surface area contributed by atoms with Crippen LogP contribution in [0.1, 0.15) is 49.4 Å². The number of carboxylic acid groups (broad SMARTS) is 1. The highest BCUT2D eigenvalue weighted by molar-refractivity contribution is 6.00. The zero-order valence-electron chi connectivity index (χ0n) is 17.8. The second kappa shape index (κ2) is 7.48. The quantitative estimate of drug-likeness (QED) is 0.349. The fraction of sp³-hybridized carbons (Fsp3) is 0.458. The van der Waals surface area contributed by atoms with Gasteiger partial charge in [0.05, 0.1) is 6.10 Å². The normalized spacial score (nSPS) is 33.1. The molecule has 0 heterocycles. The number of fused-ring (bicyclic) bond motifs is 2. The van der Waals surface area contributed by atoms with E-state index in [1.807, 2.05) is 13.0 Å². The summed E-state index contributed by atoms with van der Waals surface area (Å²) in [5.41, 5.74) is -1.16. The van der Waals surface area contributed by atoms with E-state index in [9.17, 15) is 29.7 Å². The molecule has 1 amide bonds. The van der Waals surface area contributed by atoms with Gasteiger partial charge in [-0.15, -0.1) is 0 Å². The third-order valence-corrected chi connectivity index (χ3v) is 7.81. The van der Waals surface area contributed by atoms with Crippen molar-refractivity contribution in [3.8, 4) is 11.5 Å². The molecule has 1 aromatic rings. The van der Waals surface area contributed by atoms with Gasteiger partial charge in [0.15, 0.2) is 11.5 Å². The van der Waals surface area contributed by atoms with Crippen LogP contribution in [0.25, 0.3) is 0 Å². The second-order valence-corrected chi connectivity index (χ2v) is 9.51. The van der Waals surface area contributed by atoms with Crippen molar-refractivity contribution in [3.05, 3.63) is 42.0 Å². The number of carbonyl (C=O) groups is 3. The van der Waals surface area contributed by atoms with Crippen molar-refractivity contribution < 1.29 is 34.8 Å². The molecular weight excluding hydrogens is 414 g/mol. The number of carbonyl (C=O) groups excluding carboxylic acids is 2. The van der Waals surface area contributed by atoms with Crippen molar-refractivity contribution in [1.29, 1.82) is 0 Å². The Hall–Kier alpha value is -3.13. The molecule has 5 N–H and O–H groups in total. The van der Waals surface area contributed by atoms with E-state index >= 15 is 0 Å². The summed E-state index contributed by atoms with van der Waals surface area (Å²) in [7, 11) is 0. The van der Waals surface area contributed by atoms with Crippen LogP contribution in [-0.2, 0) is 9.59 Å². The lowest BCUT2D eigenvalue weighted by atomic mass is 9.43. The summed E-state index contributed by atoms with van der Waals surface area (Å²) >= 11 is 0. The number of hydrogen-bond donors (Lipinski definition) is 5. The van der Waals surface area contributed by atoms with Crippen molar-refractivity contribution in [2.75, 3.05) is 5.32 Å². The number of hydrogen-bond acceptors (Lipinski definition) is 6. The molecule has 8 heteroatoms. The molecule has 170 valence electrons. The lowest BCUT2D eigenvalue weighted by Crippen LogP contribution is -2.59. The number of aliphatic hydroxyl groups excluding tert-OH is 1. The fourth-order valence-corrected chi connectivity index (χ4v) is 5.91. The Morgan fingerprint density at radius 3 is 2.66 bits per heavy atom. The Balaban J connectivity index is 1.54. The van der Waals surface area contributed by atoms with Crippen molar-refractivity contribution in [2.24, 2.45) is 22.7 Å². The van der Waals surface area contributed by atoms with Crippen LogP contribution < -0.4 is 5.32 Å². The first-order chi connectivity index (χ1) is 15.0. The Morgan fingerprint density at radius 2 is 1.97 bits per heavy atom. The predicted molar refractivity (Wildman–Crippen MR) is 115 cm³/mol. The maximum absolute atomic E-state index is 13.0. The Morgan fingerprint density at radius 1 is 1.25 bits per heavy atom. The van der Waals surface area contributed by atoms with Gasteiger partial charge in [-0.3, -0.25) is 9.59 Å². The van der Waals surface area contributed by atoms with Crippen LogP contribution in [0.5, 0.6) is 11.5 Å². The molecule has 0 radical (unpaired) electrons. The lowest BCUT2D eigenvalue weighted by molar-refractivity contribution is -0.148. The molecule has 0 saturated heterocycles. The summed E-state index contributed by atoms with van der Waals surface area (Å²) in [6, 6.07) is 2.11. The minimum Gasteiger partial charge on any atom is -0.506 e. The van der Waals surface area contributed by atoms with Crippen LogP contribution in [0.15, 0.2) is 36.4 Å². The highest BCUT2D eigenvalue weighted by Crippen LogP contribution is 2.64. The van der Waals surface area contributed by atoms with E-state index in [0.29, 0.717) is 12.8 Å². The number of aromatic carboxylic acids is 1. The molecule has 4 aliphatic rings. The van der Waals surface area contributed by atoms with Gasteiger partial charge >= 0.3 is 5.97 Å². The lowest BCUT2D eigenvalue weighted by Gasteiger charge is -2.61. The van der Waals surface area contributed by atoms with E-state index in [1.165, 1.54) is 6.08 Å². The van der Waals surface area contributed by atoms with Gasteiger partial charge in [0.2, 0.25) is 5.91 Å². The van der Waals surface area contributed by atoms with E-state index in [-0.39, 0.29) is 36.1 Å². The maximum atomic E-state index is 13.0. The Labute approximate surface area is 185 Å². The fourth-order valence-electron chi connectivity index (χ4n) is 5.91. The van der Waals surface area contributed by atoms with E-state index in [0.717, 1.165) is 24.1 Å². The molecule has 8 nitrogen and oxygen atoms in total. The molecule has 5 rings (SSSR count). The second-order valence-electron chi connectivity index (χ2n) is 9.51. The SMILES string of the molecule is C=C1C[C@@]23C=CC(=O)[C@@](C)(CCC(=O)Nc4c(O)ccc(C(=O)O)c4O)C2C[C@@H]1CC3O. The van der Waals surface area contributed by atoms with Crippen molar-refractivity contribution in [3.63, 3.8) is 0 Å². The number of carboxylic acids is 1. The van der Waals surface area contributed by atoms with Crippen LogP contribution >= 0.6 is 0 Å². The number of aliphatic hydroxyl groups is 1. The first-order valence-corrected chi connectivity index (χ1v) is 10.7. The van der Waals surface area contributed by atoms with Crippen molar-refractivity contribution >= 4 is 23.3 Å². The zero-order valence-corrected chi connectivity index (χ0v) is 17.8. The standard InChI is InChI=1S/C24H27NO7/c1-12-11-24-8-5-17(27)23(2,16(24)9-13(12)10-18(24)28)7-6-19(29)25-20-15(26)4-3-14(21(20)30)22(31)32/h3-5,8,13,16,18,26,28,30H,1,6-7,9-11H2,2H3,(H,25,29)(H,31,32)/t13-,16?,18?,23+,24+/m1/s1. The van der Waals surface area contributed by atoms with E-state index in [4.69, 9.17) is 5.11 Å². The average Bonchev–Trinajstić information content (AvgIpc) is 2.73. The summed E-state index contributed by atoms with van der Waals surface area (Å²) < 4.78 is 0. The molecule has 2 bridgehead atoms. The number of nitrogens with one attached hydrogen (secondary N) is 1. The smallest absolute Gasteiger partial charge is 0.339 e. The van der Waals surface area contributed by atoms with Crippen molar-refractivity contribution in [2.45, 2.75) is 45.1 Å². The molecule has 5 atom stereocenters. The third-order valence-electron chi connectivity index (χ3n) is 7.81. The van der Waals surface area contributed by atoms with Gasteiger partial charge in [0, 0.05) is 17.3 Å². The van der Waals surface area contributed by atoms with Crippen LogP contribution in [0.4, 0.5) is 5.69 Å². The molecule has 1 aromatic carbocycles. The van der Waals surface area contributed by atoms with Crippen molar-refractivity contribution in [1.82, 2.24) is 0 Å². The number of benzene rings is 1. The van der Waals surface area contributed by atoms with Crippen LogP contribution in [0.2, 0.25) is 0 Å². The summed E-state index contributed by atoms with van der Waals surface area (Å²) in [5, 5.41) is 42.4. The summed E-state index contributed by atoms with van der Waals surface area (Å²) in [4.78, 5) is 36.8. The van der Waals surface area contributed by atoms with Crippen LogP contribution in [0, 0.1) is 22.7 Å². The highest BCUT2D eigenvalue weighted by atomic mass is 16.4. The van der Waals surface area contributed by atoms with Gasteiger partial charge in [-0.05, 0) is 55.7 Å². The number of ketones is 1. The van der Waals surface area contributed by atoms with Gasteiger partial charge < -0.3 is 25.7 Å². The van der Waals surface area contributed by atoms with E-state index in [2.05, 4.69) is 11.9 Å². The Bertz CT molecular complexity index is 1060. The molecule has 3 fully saturated rings. The average molecular weight is 441 g/mol. The van der Waals surface area contributed by atoms with Gasteiger partial charge in [-0.1, -0.05) is 25.2 Å². The molecular formula is C24H27NO7. The predicted octanol–water partition coefficient (Wildman–Crippen LogP) is 2.99. The molecule has 4 aliphatic carbocycles. The number of aromatic hydroxyl groups is 2. The van der Waals surface area contributed by atoms with E-state index in [1.54, 1.807) is 0 Å². The molecule has 0 aromatic heterocycles. The first kappa shape index (κ1) is 22.1. The zero-order chi connectivity index (χ0) is 23.4. The first-order valence-electron chi connectivity index (χ1n) is 10.7. The topological polar surface area (TPSA) is 144 Å².